The Balaban J connectivity index is 1.84. The first-order chi connectivity index (χ1) is 12.1. The Hall–Kier alpha value is -2.93. The van der Waals surface area contributed by atoms with Gasteiger partial charge >= 0.3 is 0 Å². The van der Waals surface area contributed by atoms with Crippen molar-refractivity contribution in [3.05, 3.63) is 53.2 Å². The number of thiazole rings is 1. The first kappa shape index (κ1) is 16.9. The van der Waals surface area contributed by atoms with Gasteiger partial charge in [-0.05, 0) is 37.3 Å². The van der Waals surface area contributed by atoms with Gasteiger partial charge in [0.2, 0.25) is 0 Å². The predicted molar refractivity (Wildman–Crippen MR) is 97.6 cm³/mol. The van der Waals surface area contributed by atoms with Crippen molar-refractivity contribution in [1.82, 2.24) is 9.97 Å². The monoisotopic (exact) mass is 355 g/mol. The summed E-state index contributed by atoms with van der Waals surface area (Å²) in [6.45, 7) is 1.84. The fourth-order valence-electron chi connectivity index (χ4n) is 2.30. The zero-order chi connectivity index (χ0) is 17.8. The van der Waals surface area contributed by atoms with Crippen molar-refractivity contribution in [2.45, 2.75) is 6.92 Å². The van der Waals surface area contributed by atoms with Crippen molar-refractivity contribution in [3.63, 3.8) is 0 Å². The number of carbonyl (C=O) groups is 1. The number of nitrogens with one attached hydrogen (secondary N) is 1. The lowest BCUT2D eigenvalue weighted by Crippen LogP contribution is -2.13. The summed E-state index contributed by atoms with van der Waals surface area (Å²) in [5, 5.41) is 5.13. The van der Waals surface area contributed by atoms with Crippen molar-refractivity contribution in [3.8, 4) is 22.8 Å². The van der Waals surface area contributed by atoms with Crippen molar-refractivity contribution < 1.29 is 14.3 Å². The summed E-state index contributed by atoms with van der Waals surface area (Å²) in [6.07, 6.45) is 0. The quantitative estimate of drug-likeness (QED) is 0.754. The van der Waals surface area contributed by atoms with Crippen LogP contribution >= 0.6 is 11.3 Å². The number of aromatic nitrogens is 2. The molecule has 0 aliphatic carbocycles. The van der Waals surface area contributed by atoms with Crippen LogP contribution < -0.4 is 14.8 Å². The number of nitrogens with zero attached hydrogens (tertiary/aromatic N) is 2. The van der Waals surface area contributed by atoms with E-state index in [4.69, 9.17) is 9.47 Å². The maximum atomic E-state index is 12.3. The molecule has 2 heterocycles. The van der Waals surface area contributed by atoms with E-state index in [-0.39, 0.29) is 5.91 Å². The molecule has 1 amide bonds. The number of rotatable bonds is 5. The maximum absolute atomic E-state index is 12.3. The molecule has 25 heavy (non-hydrogen) atoms. The Labute approximate surface area is 149 Å². The predicted octanol–water partition coefficient (Wildman–Crippen LogP) is 3.78. The lowest BCUT2D eigenvalue weighted by Gasteiger charge is -2.08. The summed E-state index contributed by atoms with van der Waals surface area (Å²) in [5.74, 6) is 1.10. The SMILES string of the molecule is COc1ccc(OC)c(-c2csc(NC(=O)c3cccc(C)n3)n2)c1. The van der Waals surface area contributed by atoms with E-state index in [1.54, 1.807) is 26.4 Å². The Kier molecular flexibility index (Phi) is 4.95. The molecule has 0 spiro atoms. The van der Waals surface area contributed by atoms with Crippen molar-refractivity contribution in [2.75, 3.05) is 19.5 Å². The lowest BCUT2D eigenvalue weighted by atomic mass is 10.1. The van der Waals surface area contributed by atoms with Crippen LogP contribution in [-0.2, 0) is 0 Å². The van der Waals surface area contributed by atoms with Crippen molar-refractivity contribution >= 4 is 22.4 Å². The maximum Gasteiger partial charge on any atom is 0.276 e. The van der Waals surface area contributed by atoms with Gasteiger partial charge in [0.15, 0.2) is 5.13 Å². The van der Waals surface area contributed by atoms with E-state index in [1.807, 2.05) is 36.6 Å². The topological polar surface area (TPSA) is 73.3 Å². The van der Waals surface area contributed by atoms with Gasteiger partial charge in [-0.1, -0.05) is 6.07 Å². The molecular formula is C18H17N3O3S. The van der Waals surface area contributed by atoms with Gasteiger partial charge in [0.1, 0.15) is 17.2 Å². The number of hydrogen-bond donors (Lipinski definition) is 1. The minimum absolute atomic E-state index is 0.290. The average molecular weight is 355 g/mol. The number of anilines is 1. The highest BCUT2D eigenvalue weighted by atomic mass is 32.1. The molecule has 128 valence electrons. The lowest BCUT2D eigenvalue weighted by molar-refractivity contribution is 0.102. The third kappa shape index (κ3) is 3.77. The Bertz CT molecular complexity index is 908. The summed E-state index contributed by atoms with van der Waals surface area (Å²) < 4.78 is 10.6. The smallest absolute Gasteiger partial charge is 0.276 e. The average Bonchev–Trinajstić information content (AvgIpc) is 3.09. The molecule has 0 saturated heterocycles. The van der Waals surface area contributed by atoms with Crippen LogP contribution in [0.5, 0.6) is 11.5 Å². The van der Waals surface area contributed by atoms with E-state index in [1.165, 1.54) is 11.3 Å². The van der Waals surface area contributed by atoms with Gasteiger partial charge in [0.25, 0.3) is 5.91 Å². The molecular weight excluding hydrogens is 338 g/mol. The van der Waals surface area contributed by atoms with Gasteiger partial charge in [-0.15, -0.1) is 11.3 Å². The second-order valence-corrected chi connectivity index (χ2v) is 6.08. The first-order valence-electron chi connectivity index (χ1n) is 7.53. The Morgan fingerprint density at radius 1 is 1.12 bits per heavy atom. The second kappa shape index (κ2) is 7.31. The third-order valence-electron chi connectivity index (χ3n) is 3.53. The molecule has 0 radical (unpaired) electrons. The van der Waals surface area contributed by atoms with E-state index < -0.39 is 0 Å². The highest BCUT2D eigenvalue weighted by Gasteiger charge is 2.14. The molecule has 0 unspecified atom stereocenters. The molecule has 6 nitrogen and oxygen atoms in total. The van der Waals surface area contributed by atoms with Crippen LogP contribution in [0.4, 0.5) is 5.13 Å². The molecule has 7 heteroatoms. The molecule has 3 aromatic rings. The highest BCUT2D eigenvalue weighted by Crippen LogP contribution is 2.35. The van der Waals surface area contributed by atoms with Gasteiger partial charge < -0.3 is 9.47 Å². The van der Waals surface area contributed by atoms with Crippen LogP contribution in [-0.4, -0.2) is 30.1 Å². The number of pyridine rings is 1. The van der Waals surface area contributed by atoms with Gasteiger partial charge in [0.05, 0.1) is 19.9 Å². The number of methoxy groups -OCH3 is 2. The summed E-state index contributed by atoms with van der Waals surface area (Å²) in [5.41, 5.74) is 2.64. The zero-order valence-electron chi connectivity index (χ0n) is 14.1. The number of amides is 1. The number of carbonyl (C=O) groups excluding carboxylic acids is 1. The fourth-order valence-corrected chi connectivity index (χ4v) is 3.01. The minimum Gasteiger partial charge on any atom is -0.497 e. The van der Waals surface area contributed by atoms with Gasteiger partial charge in [-0.3, -0.25) is 10.1 Å². The molecule has 2 aromatic heterocycles. The van der Waals surface area contributed by atoms with Crippen molar-refractivity contribution in [2.24, 2.45) is 0 Å². The summed E-state index contributed by atoms with van der Waals surface area (Å²) in [7, 11) is 3.21. The number of aryl methyl sites for hydroxylation is 1. The highest BCUT2D eigenvalue weighted by molar-refractivity contribution is 7.14. The van der Waals surface area contributed by atoms with E-state index in [9.17, 15) is 4.79 Å². The van der Waals surface area contributed by atoms with Gasteiger partial charge in [-0.25, -0.2) is 9.97 Å². The Morgan fingerprint density at radius 2 is 1.96 bits per heavy atom. The van der Waals surface area contributed by atoms with E-state index in [2.05, 4.69) is 15.3 Å². The van der Waals surface area contributed by atoms with Crippen LogP contribution in [0.1, 0.15) is 16.2 Å². The third-order valence-corrected chi connectivity index (χ3v) is 4.29. The molecule has 0 saturated carbocycles. The van der Waals surface area contributed by atoms with E-state index in [0.29, 0.717) is 28.0 Å². The molecule has 0 aliphatic rings. The normalized spacial score (nSPS) is 10.4. The van der Waals surface area contributed by atoms with Gasteiger partial charge in [0, 0.05) is 16.6 Å². The summed E-state index contributed by atoms with van der Waals surface area (Å²) >= 11 is 1.34. The number of benzene rings is 1. The zero-order valence-corrected chi connectivity index (χ0v) is 14.9. The molecule has 1 N–H and O–H groups in total. The molecule has 0 atom stereocenters. The first-order valence-corrected chi connectivity index (χ1v) is 8.41. The van der Waals surface area contributed by atoms with Crippen LogP contribution in [0.2, 0.25) is 0 Å². The molecule has 3 rings (SSSR count). The van der Waals surface area contributed by atoms with Crippen LogP contribution in [0, 0.1) is 6.92 Å². The van der Waals surface area contributed by atoms with Crippen LogP contribution in [0.25, 0.3) is 11.3 Å². The van der Waals surface area contributed by atoms with Crippen LogP contribution in [0.15, 0.2) is 41.8 Å². The van der Waals surface area contributed by atoms with Crippen molar-refractivity contribution in [1.29, 1.82) is 0 Å². The molecule has 1 aromatic carbocycles. The fraction of sp³-hybridized carbons (Fsp3) is 0.167. The largest absolute Gasteiger partial charge is 0.497 e. The minimum atomic E-state index is -0.290. The standard InChI is InChI=1S/C18H17N3O3S/c1-11-5-4-6-14(19-11)17(22)21-18-20-15(10-25-18)13-9-12(23-2)7-8-16(13)24-3/h4-10H,1-3H3,(H,20,21,22). The summed E-state index contributed by atoms with van der Waals surface area (Å²) in [6, 6.07) is 10.8. The summed E-state index contributed by atoms with van der Waals surface area (Å²) in [4.78, 5) is 21.0. The van der Waals surface area contributed by atoms with Crippen LogP contribution in [0.3, 0.4) is 0 Å². The Morgan fingerprint density at radius 3 is 2.68 bits per heavy atom. The molecule has 0 fully saturated rings. The van der Waals surface area contributed by atoms with E-state index in [0.717, 1.165) is 11.3 Å². The number of ether oxygens (including phenoxy) is 2. The molecule has 0 aliphatic heterocycles. The van der Waals surface area contributed by atoms with Gasteiger partial charge in [-0.2, -0.15) is 0 Å². The number of hydrogen-bond acceptors (Lipinski definition) is 6. The second-order valence-electron chi connectivity index (χ2n) is 5.22. The molecule has 0 bridgehead atoms. The van der Waals surface area contributed by atoms with E-state index >= 15 is 0 Å².